The van der Waals surface area contributed by atoms with Crippen LogP contribution >= 0.6 is 24.0 Å². The van der Waals surface area contributed by atoms with Crippen molar-refractivity contribution in [3.05, 3.63) is 120 Å². The summed E-state index contributed by atoms with van der Waals surface area (Å²) in [5, 5.41) is 11.0. The number of halogens is 2. The van der Waals surface area contributed by atoms with Crippen LogP contribution in [0.25, 0.3) is 11.1 Å². The molecule has 1 N–H and O–H groups in total. The SMILES string of the molecule is Cl.O=C(O)[C@@]1(N(CCc2ccccn2)S(=O)(=O)c2ccc(-c3ccc(Cl)cc3)cc2)C[C@H]1c1ccccc1. The molecule has 0 bridgehead atoms. The van der Waals surface area contributed by atoms with Crippen LogP contribution in [0, 0.1) is 0 Å². The Morgan fingerprint density at radius 3 is 2.11 bits per heavy atom. The summed E-state index contributed by atoms with van der Waals surface area (Å²) in [5.74, 6) is -1.60. The number of aliphatic carboxylic acids is 1. The van der Waals surface area contributed by atoms with Gasteiger partial charge in [0.1, 0.15) is 5.54 Å². The molecule has 1 aliphatic rings. The zero-order valence-electron chi connectivity index (χ0n) is 20.3. The molecule has 9 heteroatoms. The maximum absolute atomic E-state index is 14.0. The predicted octanol–water partition coefficient (Wildman–Crippen LogP) is 6.07. The van der Waals surface area contributed by atoms with Crippen molar-refractivity contribution in [2.75, 3.05) is 6.54 Å². The number of carboxylic acids is 1. The minimum Gasteiger partial charge on any atom is -0.480 e. The van der Waals surface area contributed by atoms with Gasteiger partial charge < -0.3 is 5.11 Å². The Labute approximate surface area is 233 Å². The number of carboxylic acid groups (broad SMARTS) is 1. The molecule has 38 heavy (non-hydrogen) atoms. The molecular weight excluding hydrogens is 543 g/mol. The van der Waals surface area contributed by atoms with E-state index < -0.39 is 27.4 Å². The van der Waals surface area contributed by atoms with Crippen LogP contribution in [0.3, 0.4) is 0 Å². The number of aromatic nitrogens is 1. The Balaban J connectivity index is 0.00000336. The van der Waals surface area contributed by atoms with Gasteiger partial charge in [-0.05, 0) is 59.5 Å². The first kappa shape index (κ1) is 27.8. The summed E-state index contributed by atoms with van der Waals surface area (Å²) in [7, 11) is -4.15. The summed E-state index contributed by atoms with van der Waals surface area (Å²) in [6.07, 6.45) is 2.14. The second-order valence-electron chi connectivity index (χ2n) is 9.08. The number of benzene rings is 3. The first-order valence-electron chi connectivity index (χ1n) is 11.9. The number of nitrogens with zero attached hydrogens (tertiary/aromatic N) is 2. The van der Waals surface area contributed by atoms with E-state index in [9.17, 15) is 18.3 Å². The van der Waals surface area contributed by atoms with Gasteiger partial charge in [0.15, 0.2) is 0 Å². The normalized spacial score (nSPS) is 18.5. The van der Waals surface area contributed by atoms with E-state index >= 15 is 0 Å². The number of pyridine rings is 1. The van der Waals surface area contributed by atoms with Gasteiger partial charge in [0.25, 0.3) is 0 Å². The molecule has 1 heterocycles. The zero-order chi connectivity index (χ0) is 26.0. The highest BCUT2D eigenvalue weighted by atomic mass is 35.5. The third-order valence-corrected chi connectivity index (χ3v) is 9.07. The Kier molecular flexibility index (Phi) is 8.23. The average Bonchev–Trinajstić information content (AvgIpc) is 3.67. The van der Waals surface area contributed by atoms with Gasteiger partial charge >= 0.3 is 5.97 Å². The maximum Gasteiger partial charge on any atom is 0.325 e. The van der Waals surface area contributed by atoms with Crippen LogP contribution in [0.2, 0.25) is 5.02 Å². The third kappa shape index (κ3) is 5.33. The fraction of sp³-hybridized carbons (Fsp3) is 0.172. The smallest absolute Gasteiger partial charge is 0.325 e. The van der Waals surface area contributed by atoms with E-state index in [-0.39, 0.29) is 30.3 Å². The maximum atomic E-state index is 14.0. The molecule has 0 spiro atoms. The number of carbonyl (C=O) groups is 1. The number of sulfonamides is 1. The average molecular weight is 570 g/mol. The quantitative estimate of drug-likeness (QED) is 0.265. The second kappa shape index (κ2) is 11.3. The Morgan fingerprint density at radius 2 is 1.53 bits per heavy atom. The van der Waals surface area contributed by atoms with Crippen LogP contribution < -0.4 is 0 Å². The van der Waals surface area contributed by atoms with Crippen molar-refractivity contribution < 1.29 is 18.3 Å². The van der Waals surface area contributed by atoms with Crippen molar-refractivity contribution in [1.29, 1.82) is 0 Å². The van der Waals surface area contributed by atoms with Crippen LogP contribution in [0.1, 0.15) is 23.6 Å². The van der Waals surface area contributed by atoms with Crippen molar-refractivity contribution in [1.82, 2.24) is 9.29 Å². The van der Waals surface area contributed by atoms with Crippen molar-refractivity contribution in [3.8, 4) is 11.1 Å². The fourth-order valence-electron chi connectivity index (χ4n) is 4.84. The van der Waals surface area contributed by atoms with Crippen LogP contribution in [0.5, 0.6) is 0 Å². The standard InChI is InChI=1S/C29H25ClN2O4S.ClH/c30-24-13-9-21(10-14-24)22-11-15-26(16-12-22)37(35,36)32(19-17-25-8-4-5-18-31-25)29(28(33)34)20-27(29)23-6-2-1-3-7-23;/h1-16,18,27H,17,19-20H2,(H,33,34);1H/t27-,29+;/m0./s1. The summed E-state index contributed by atoms with van der Waals surface area (Å²) >= 11 is 5.99. The molecule has 2 atom stereocenters. The minimum atomic E-state index is -4.15. The molecular formula is C29H26Cl2N2O4S. The molecule has 6 nitrogen and oxygen atoms in total. The zero-order valence-corrected chi connectivity index (χ0v) is 22.7. The van der Waals surface area contributed by atoms with E-state index in [1.807, 2.05) is 48.5 Å². The first-order valence-corrected chi connectivity index (χ1v) is 13.7. The third-order valence-electron chi connectivity index (χ3n) is 6.87. The minimum absolute atomic E-state index is 0. The summed E-state index contributed by atoms with van der Waals surface area (Å²) in [6.45, 7) is -0.00604. The van der Waals surface area contributed by atoms with Crippen LogP contribution in [0.4, 0.5) is 0 Å². The lowest BCUT2D eigenvalue weighted by atomic mass is 10.1. The van der Waals surface area contributed by atoms with Crippen LogP contribution in [-0.4, -0.2) is 40.9 Å². The molecule has 0 saturated heterocycles. The largest absolute Gasteiger partial charge is 0.480 e. The molecule has 5 rings (SSSR count). The predicted molar refractivity (Wildman–Crippen MR) is 150 cm³/mol. The lowest BCUT2D eigenvalue weighted by Crippen LogP contribution is -2.49. The molecule has 4 aromatic rings. The highest BCUT2D eigenvalue weighted by Crippen LogP contribution is 2.57. The molecule has 0 unspecified atom stereocenters. The second-order valence-corrected chi connectivity index (χ2v) is 11.4. The van der Waals surface area contributed by atoms with Gasteiger partial charge in [-0.2, -0.15) is 4.31 Å². The topological polar surface area (TPSA) is 87.6 Å². The molecule has 0 radical (unpaired) electrons. The van der Waals surface area contributed by atoms with Crippen LogP contribution in [-0.2, 0) is 21.2 Å². The van der Waals surface area contributed by atoms with Crippen LogP contribution in [0.15, 0.2) is 108 Å². The van der Waals surface area contributed by atoms with E-state index in [0.29, 0.717) is 17.1 Å². The fourth-order valence-corrected chi connectivity index (χ4v) is 6.74. The van der Waals surface area contributed by atoms with E-state index in [1.54, 1.807) is 42.6 Å². The highest BCUT2D eigenvalue weighted by molar-refractivity contribution is 7.89. The van der Waals surface area contributed by atoms with E-state index in [4.69, 9.17) is 11.6 Å². The monoisotopic (exact) mass is 568 g/mol. The van der Waals surface area contributed by atoms with Crippen molar-refractivity contribution >= 4 is 40.0 Å². The molecule has 0 aliphatic heterocycles. The summed E-state index contributed by atoms with van der Waals surface area (Å²) < 4.78 is 29.3. The lowest BCUT2D eigenvalue weighted by Gasteiger charge is -2.29. The van der Waals surface area contributed by atoms with Gasteiger partial charge in [0.2, 0.25) is 10.0 Å². The molecule has 1 aliphatic carbocycles. The highest BCUT2D eigenvalue weighted by Gasteiger charge is 2.67. The number of hydrogen-bond acceptors (Lipinski definition) is 4. The first-order chi connectivity index (χ1) is 17.8. The van der Waals surface area contributed by atoms with Gasteiger partial charge in [-0.15, -0.1) is 12.4 Å². The van der Waals surface area contributed by atoms with Crippen molar-refractivity contribution in [3.63, 3.8) is 0 Å². The van der Waals surface area contributed by atoms with Crippen molar-refractivity contribution in [2.24, 2.45) is 0 Å². The van der Waals surface area contributed by atoms with E-state index in [1.165, 1.54) is 16.4 Å². The van der Waals surface area contributed by atoms with Gasteiger partial charge in [-0.3, -0.25) is 9.78 Å². The van der Waals surface area contributed by atoms with Gasteiger partial charge in [-0.1, -0.05) is 72.3 Å². The summed E-state index contributed by atoms with van der Waals surface area (Å²) in [5.41, 5.74) is 1.66. The molecule has 196 valence electrons. The Bertz CT molecular complexity index is 1500. The van der Waals surface area contributed by atoms with E-state index in [0.717, 1.165) is 16.7 Å². The molecule has 0 amide bonds. The summed E-state index contributed by atoms with van der Waals surface area (Å²) in [4.78, 5) is 17.1. The number of hydrogen-bond donors (Lipinski definition) is 1. The molecule has 1 saturated carbocycles. The van der Waals surface area contributed by atoms with Gasteiger partial charge in [-0.25, -0.2) is 8.42 Å². The summed E-state index contributed by atoms with van der Waals surface area (Å²) in [6, 6.07) is 28.4. The van der Waals surface area contributed by atoms with Crippen molar-refractivity contribution in [2.45, 2.75) is 29.2 Å². The van der Waals surface area contributed by atoms with E-state index in [2.05, 4.69) is 4.98 Å². The Hall–Kier alpha value is -3.23. The number of rotatable bonds is 9. The molecule has 3 aromatic carbocycles. The molecule has 1 aromatic heterocycles. The Morgan fingerprint density at radius 1 is 0.921 bits per heavy atom. The lowest BCUT2D eigenvalue weighted by molar-refractivity contribution is -0.143. The molecule has 1 fully saturated rings. The van der Waals surface area contributed by atoms with Gasteiger partial charge in [0, 0.05) is 35.8 Å². The van der Waals surface area contributed by atoms with Gasteiger partial charge in [0.05, 0.1) is 4.90 Å².